The molecule has 0 bridgehead atoms. The van der Waals surface area contributed by atoms with Crippen LogP contribution in [-0.4, -0.2) is 34.8 Å². The topological polar surface area (TPSA) is 109 Å². The number of hydrogen-bond acceptors (Lipinski definition) is 5. The quantitative estimate of drug-likeness (QED) is 0.415. The number of nitro groups is 1. The normalized spacial score (nSPS) is 25.1. The summed E-state index contributed by atoms with van der Waals surface area (Å²) >= 11 is 6.08. The standard InChI is InChI=1S/C18H20ClN5O3/c1-11(25)22-15-9-16(19)23-17(18(15,2)24(26)27)21-10-12-5-6-14-13(8-12)4-3-7-20-14/h3-6,8-9,15,20H,7,10H2,1-2H3,(H,21,23)(H,22,25). The molecule has 0 saturated heterocycles. The molecule has 0 aromatic heterocycles. The molecule has 0 spiro atoms. The lowest BCUT2D eigenvalue weighted by Gasteiger charge is -2.33. The van der Waals surface area contributed by atoms with Crippen molar-refractivity contribution in [2.24, 2.45) is 4.99 Å². The van der Waals surface area contributed by atoms with Crippen LogP contribution in [0.25, 0.3) is 6.08 Å². The maximum absolute atomic E-state index is 11.8. The summed E-state index contributed by atoms with van der Waals surface area (Å²) < 4.78 is 0. The van der Waals surface area contributed by atoms with Crippen LogP contribution in [0.2, 0.25) is 0 Å². The van der Waals surface area contributed by atoms with Gasteiger partial charge in [-0.1, -0.05) is 29.8 Å². The predicted molar refractivity (Wildman–Crippen MR) is 105 cm³/mol. The number of nitrogens with zero attached hydrogens (tertiary/aromatic N) is 2. The fourth-order valence-corrected chi connectivity index (χ4v) is 3.29. The van der Waals surface area contributed by atoms with E-state index >= 15 is 0 Å². The maximum Gasteiger partial charge on any atom is 0.298 e. The van der Waals surface area contributed by atoms with Crippen molar-refractivity contribution < 1.29 is 9.72 Å². The summed E-state index contributed by atoms with van der Waals surface area (Å²) in [5.74, 6) is -0.283. The minimum absolute atomic E-state index is 0.102. The summed E-state index contributed by atoms with van der Waals surface area (Å²) in [5.41, 5.74) is 1.33. The lowest BCUT2D eigenvalue weighted by Crippen LogP contribution is -2.64. The van der Waals surface area contributed by atoms with Crippen LogP contribution in [0, 0.1) is 10.1 Å². The van der Waals surface area contributed by atoms with Crippen molar-refractivity contribution in [1.29, 1.82) is 0 Å². The molecule has 2 unspecified atom stereocenters. The van der Waals surface area contributed by atoms with E-state index in [1.54, 1.807) is 0 Å². The van der Waals surface area contributed by atoms with Crippen molar-refractivity contribution in [1.82, 2.24) is 10.6 Å². The van der Waals surface area contributed by atoms with E-state index in [4.69, 9.17) is 11.6 Å². The van der Waals surface area contributed by atoms with E-state index in [9.17, 15) is 14.9 Å². The maximum atomic E-state index is 11.8. The van der Waals surface area contributed by atoms with E-state index in [-0.39, 0.29) is 23.4 Å². The van der Waals surface area contributed by atoms with Crippen LogP contribution in [0.3, 0.4) is 0 Å². The Kier molecular flexibility index (Phi) is 5.18. The van der Waals surface area contributed by atoms with Gasteiger partial charge in [-0.2, -0.15) is 0 Å². The van der Waals surface area contributed by atoms with E-state index in [1.165, 1.54) is 19.9 Å². The molecule has 27 heavy (non-hydrogen) atoms. The summed E-state index contributed by atoms with van der Waals surface area (Å²) in [6.07, 6.45) is 5.46. The van der Waals surface area contributed by atoms with E-state index in [1.807, 2.05) is 30.4 Å². The molecule has 0 aliphatic carbocycles. The number of benzene rings is 1. The number of aliphatic imine (C=N–C) groups is 1. The predicted octanol–water partition coefficient (Wildman–Crippen LogP) is 2.25. The zero-order chi connectivity index (χ0) is 19.6. The zero-order valence-corrected chi connectivity index (χ0v) is 15.7. The van der Waals surface area contributed by atoms with Gasteiger partial charge in [0.15, 0.2) is 5.84 Å². The molecule has 142 valence electrons. The molecule has 0 saturated carbocycles. The third kappa shape index (κ3) is 3.80. The first-order chi connectivity index (χ1) is 12.8. The van der Waals surface area contributed by atoms with E-state index in [0.717, 1.165) is 23.4 Å². The second-order valence-electron chi connectivity index (χ2n) is 6.59. The molecule has 1 aromatic carbocycles. The number of carbonyl (C=O) groups excluding carboxylic acids is 1. The molecule has 1 amide bonds. The SMILES string of the molecule is CC(=O)NC1C=C(Cl)NC(=NCc2ccc3c(c2)C=CCN3)C1(C)[N+](=O)[O-]. The molecule has 3 rings (SSSR count). The second-order valence-corrected chi connectivity index (χ2v) is 7.00. The van der Waals surface area contributed by atoms with Gasteiger partial charge in [-0.3, -0.25) is 19.9 Å². The number of amidine groups is 1. The van der Waals surface area contributed by atoms with E-state index in [0.29, 0.717) is 0 Å². The van der Waals surface area contributed by atoms with Crippen molar-refractivity contribution in [3.63, 3.8) is 0 Å². The van der Waals surface area contributed by atoms with Crippen LogP contribution < -0.4 is 16.0 Å². The number of hydrogen-bond donors (Lipinski definition) is 3. The molecule has 9 heteroatoms. The number of rotatable bonds is 4. The largest absolute Gasteiger partial charge is 0.381 e. The van der Waals surface area contributed by atoms with Gasteiger partial charge in [-0.15, -0.1) is 0 Å². The summed E-state index contributed by atoms with van der Waals surface area (Å²) in [5, 5.41) is 20.6. The van der Waals surface area contributed by atoms with E-state index in [2.05, 4.69) is 20.9 Å². The minimum atomic E-state index is -1.65. The number of carbonyl (C=O) groups is 1. The van der Waals surface area contributed by atoms with E-state index < -0.39 is 16.5 Å². The van der Waals surface area contributed by atoms with Crippen molar-refractivity contribution >= 4 is 35.1 Å². The molecule has 0 radical (unpaired) electrons. The molecule has 1 aromatic rings. The highest BCUT2D eigenvalue weighted by Crippen LogP contribution is 2.26. The van der Waals surface area contributed by atoms with Gasteiger partial charge >= 0.3 is 0 Å². The first kappa shape index (κ1) is 18.9. The van der Waals surface area contributed by atoms with Crippen LogP contribution in [0.4, 0.5) is 5.69 Å². The smallest absolute Gasteiger partial charge is 0.298 e. The van der Waals surface area contributed by atoms with Crippen LogP contribution >= 0.6 is 11.6 Å². The highest BCUT2D eigenvalue weighted by atomic mass is 35.5. The fraction of sp³-hybridized carbons (Fsp3) is 0.333. The Balaban J connectivity index is 1.91. The molecule has 8 nitrogen and oxygen atoms in total. The van der Waals surface area contributed by atoms with Gasteiger partial charge in [0.25, 0.3) is 5.54 Å². The molecule has 0 fully saturated rings. The Labute approximate surface area is 161 Å². The Morgan fingerprint density at radius 1 is 1.52 bits per heavy atom. The summed E-state index contributed by atoms with van der Waals surface area (Å²) in [6.45, 7) is 3.74. The first-order valence-electron chi connectivity index (χ1n) is 8.45. The van der Waals surface area contributed by atoms with Crippen molar-refractivity contribution in [3.05, 3.63) is 56.7 Å². The Hall–Kier alpha value is -2.87. The third-order valence-electron chi connectivity index (χ3n) is 4.62. The molecular weight excluding hydrogens is 370 g/mol. The average molecular weight is 390 g/mol. The molecule has 2 atom stereocenters. The van der Waals surface area contributed by atoms with Crippen molar-refractivity contribution in [3.8, 4) is 0 Å². The van der Waals surface area contributed by atoms with Crippen LogP contribution in [0.1, 0.15) is 25.0 Å². The van der Waals surface area contributed by atoms with Crippen LogP contribution in [0.15, 0.2) is 40.5 Å². The third-order valence-corrected chi connectivity index (χ3v) is 4.84. The number of halogens is 1. The fourth-order valence-electron chi connectivity index (χ4n) is 3.07. The minimum Gasteiger partial charge on any atom is -0.381 e. The summed E-state index contributed by atoms with van der Waals surface area (Å²) in [6, 6.07) is 4.96. The van der Waals surface area contributed by atoms with Crippen molar-refractivity contribution in [2.75, 3.05) is 11.9 Å². The average Bonchev–Trinajstić information content (AvgIpc) is 2.62. The first-order valence-corrected chi connectivity index (χ1v) is 8.82. The van der Waals surface area contributed by atoms with Gasteiger partial charge in [0.2, 0.25) is 5.91 Å². The van der Waals surface area contributed by atoms with Crippen molar-refractivity contribution in [2.45, 2.75) is 32.0 Å². The summed E-state index contributed by atoms with van der Waals surface area (Å²) in [4.78, 5) is 27.3. The van der Waals surface area contributed by atoms with Gasteiger partial charge in [0.05, 0.1) is 6.54 Å². The number of anilines is 1. The van der Waals surface area contributed by atoms with Gasteiger partial charge in [-0.25, -0.2) is 0 Å². The number of fused-ring (bicyclic) bond motifs is 1. The lowest BCUT2D eigenvalue weighted by atomic mass is 9.88. The number of amides is 1. The Morgan fingerprint density at radius 2 is 2.30 bits per heavy atom. The highest BCUT2D eigenvalue weighted by Gasteiger charge is 2.53. The van der Waals surface area contributed by atoms with Gasteiger partial charge < -0.3 is 16.0 Å². The molecule has 2 aliphatic rings. The zero-order valence-electron chi connectivity index (χ0n) is 15.0. The molecule has 3 N–H and O–H groups in total. The van der Waals surface area contributed by atoms with Gasteiger partial charge in [0.1, 0.15) is 11.2 Å². The molecule has 2 aliphatic heterocycles. The van der Waals surface area contributed by atoms with Crippen LogP contribution in [-0.2, 0) is 11.3 Å². The lowest BCUT2D eigenvalue weighted by molar-refractivity contribution is -0.545. The van der Waals surface area contributed by atoms with Gasteiger partial charge in [0, 0.05) is 31.0 Å². The Morgan fingerprint density at radius 3 is 3.00 bits per heavy atom. The van der Waals surface area contributed by atoms with Gasteiger partial charge in [-0.05, 0) is 29.3 Å². The number of nitrogens with one attached hydrogen (secondary N) is 3. The Bertz CT molecular complexity index is 880. The monoisotopic (exact) mass is 389 g/mol. The molecular formula is C18H20ClN5O3. The highest BCUT2D eigenvalue weighted by molar-refractivity contribution is 6.31. The molecule has 2 heterocycles. The van der Waals surface area contributed by atoms with Crippen LogP contribution in [0.5, 0.6) is 0 Å². The second kappa shape index (κ2) is 7.40. The summed E-state index contributed by atoms with van der Waals surface area (Å²) in [7, 11) is 0.